The highest BCUT2D eigenvalue weighted by Crippen LogP contribution is 2.31. The van der Waals surface area contributed by atoms with E-state index in [4.69, 9.17) is 21.1 Å². The summed E-state index contributed by atoms with van der Waals surface area (Å²) in [5.74, 6) is 1.45. The van der Waals surface area contributed by atoms with Crippen molar-refractivity contribution in [1.29, 1.82) is 0 Å². The van der Waals surface area contributed by atoms with E-state index in [9.17, 15) is 4.79 Å². The van der Waals surface area contributed by atoms with Crippen molar-refractivity contribution in [2.45, 2.75) is 6.54 Å². The van der Waals surface area contributed by atoms with Crippen LogP contribution in [0.5, 0.6) is 11.5 Å². The van der Waals surface area contributed by atoms with E-state index in [1.807, 2.05) is 18.2 Å². The van der Waals surface area contributed by atoms with E-state index in [0.717, 1.165) is 17.1 Å². The molecule has 6 heteroatoms. The third-order valence-electron chi connectivity index (χ3n) is 3.16. The normalized spacial score (nSPS) is 13.0. The molecule has 21 heavy (non-hydrogen) atoms. The fourth-order valence-electron chi connectivity index (χ4n) is 2.15. The molecular formula is C15H14ClNO3S. The Morgan fingerprint density at radius 3 is 2.71 bits per heavy atom. The topological polar surface area (TPSA) is 38.8 Å². The van der Waals surface area contributed by atoms with Crippen LogP contribution >= 0.6 is 22.9 Å². The van der Waals surface area contributed by atoms with Gasteiger partial charge in [-0.15, -0.1) is 11.3 Å². The molecule has 0 unspecified atom stereocenters. The highest BCUT2D eigenvalue weighted by molar-refractivity contribution is 7.17. The molecule has 1 aliphatic rings. The smallest absolute Gasteiger partial charge is 0.264 e. The van der Waals surface area contributed by atoms with Crippen molar-refractivity contribution >= 4 is 28.8 Å². The Morgan fingerprint density at radius 1 is 1.24 bits per heavy atom. The van der Waals surface area contributed by atoms with E-state index in [0.29, 0.717) is 29.0 Å². The third-order valence-corrected chi connectivity index (χ3v) is 4.38. The molecule has 0 atom stereocenters. The maximum atomic E-state index is 12.3. The summed E-state index contributed by atoms with van der Waals surface area (Å²) in [5.41, 5.74) is 0.998. The number of hydrogen-bond donors (Lipinski definition) is 0. The number of rotatable bonds is 3. The molecule has 2 aromatic rings. The van der Waals surface area contributed by atoms with E-state index in [1.165, 1.54) is 11.3 Å². The first-order chi connectivity index (χ1) is 10.1. The average molecular weight is 324 g/mol. The lowest BCUT2D eigenvalue weighted by molar-refractivity contribution is 0.0789. The van der Waals surface area contributed by atoms with Gasteiger partial charge in [0.15, 0.2) is 11.5 Å². The number of thiophene rings is 1. The highest BCUT2D eigenvalue weighted by atomic mass is 35.5. The molecule has 4 nitrogen and oxygen atoms in total. The van der Waals surface area contributed by atoms with Crippen LogP contribution in [0.15, 0.2) is 30.3 Å². The van der Waals surface area contributed by atoms with Crippen molar-refractivity contribution in [2.24, 2.45) is 0 Å². The van der Waals surface area contributed by atoms with Crippen LogP contribution in [0.1, 0.15) is 15.2 Å². The molecule has 1 aromatic heterocycles. The van der Waals surface area contributed by atoms with Gasteiger partial charge < -0.3 is 14.4 Å². The summed E-state index contributed by atoms with van der Waals surface area (Å²) in [5, 5.41) is 0. The van der Waals surface area contributed by atoms with Crippen LogP contribution in [-0.2, 0) is 6.54 Å². The summed E-state index contributed by atoms with van der Waals surface area (Å²) in [7, 11) is 1.77. The summed E-state index contributed by atoms with van der Waals surface area (Å²) >= 11 is 7.15. The van der Waals surface area contributed by atoms with Crippen molar-refractivity contribution in [3.05, 3.63) is 45.1 Å². The van der Waals surface area contributed by atoms with E-state index in [1.54, 1.807) is 24.1 Å². The van der Waals surface area contributed by atoms with Gasteiger partial charge in [0.05, 0.1) is 9.21 Å². The number of carbonyl (C=O) groups excluding carboxylic acids is 1. The fraction of sp³-hybridized carbons (Fsp3) is 0.267. The lowest BCUT2D eigenvalue weighted by Gasteiger charge is -2.21. The summed E-state index contributed by atoms with van der Waals surface area (Å²) in [6.07, 6.45) is 0. The number of ether oxygens (including phenoxy) is 2. The van der Waals surface area contributed by atoms with Gasteiger partial charge in [-0.3, -0.25) is 4.79 Å². The molecule has 2 heterocycles. The second-order valence-corrected chi connectivity index (χ2v) is 6.46. The molecule has 0 spiro atoms. The fourth-order valence-corrected chi connectivity index (χ4v) is 3.19. The van der Waals surface area contributed by atoms with Crippen LogP contribution < -0.4 is 9.47 Å². The number of fused-ring (bicyclic) bond motifs is 1. The van der Waals surface area contributed by atoms with E-state index < -0.39 is 0 Å². The maximum Gasteiger partial charge on any atom is 0.264 e. The zero-order chi connectivity index (χ0) is 14.8. The zero-order valence-corrected chi connectivity index (χ0v) is 13.0. The number of amides is 1. The first-order valence-electron chi connectivity index (χ1n) is 6.53. The monoisotopic (exact) mass is 323 g/mol. The molecule has 0 aliphatic carbocycles. The first-order valence-corrected chi connectivity index (χ1v) is 7.72. The second-order valence-electron chi connectivity index (χ2n) is 4.74. The molecule has 110 valence electrons. The summed E-state index contributed by atoms with van der Waals surface area (Å²) in [6, 6.07) is 9.22. The van der Waals surface area contributed by atoms with Gasteiger partial charge in [0.25, 0.3) is 5.91 Å². The van der Waals surface area contributed by atoms with E-state index >= 15 is 0 Å². The molecule has 0 bridgehead atoms. The zero-order valence-electron chi connectivity index (χ0n) is 11.5. The number of nitrogens with zero attached hydrogens (tertiary/aromatic N) is 1. The maximum absolute atomic E-state index is 12.3. The van der Waals surface area contributed by atoms with Crippen LogP contribution in [0.4, 0.5) is 0 Å². The lowest BCUT2D eigenvalue weighted by Crippen LogP contribution is -2.25. The summed E-state index contributed by atoms with van der Waals surface area (Å²) < 4.78 is 11.7. The van der Waals surface area contributed by atoms with Gasteiger partial charge >= 0.3 is 0 Å². The molecule has 0 radical (unpaired) electrons. The molecule has 0 fully saturated rings. The predicted molar refractivity (Wildman–Crippen MR) is 82.6 cm³/mol. The minimum atomic E-state index is -0.0400. The molecule has 0 saturated carbocycles. The third kappa shape index (κ3) is 3.14. The average Bonchev–Trinajstić information content (AvgIpc) is 2.93. The lowest BCUT2D eigenvalue weighted by atomic mass is 10.2. The van der Waals surface area contributed by atoms with Gasteiger partial charge in [-0.2, -0.15) is 0 Å². The van der Waals surface area contributed by atoms with Crippen LogP contribution in [-0.4, -0.2) is 31.1 Å². The van der Waals surface area contributed by atoms with E-state index in [-0.39, 0.29) is 5.91 Å². The number of hydrogen-bond acceptors (Lipinski definition) is 4. The quantitative estimate of drug-likeness (QED) is 0.868. The Morgan fingerprint density at radius 2 is 2.00 bits per heavy atom. The Kier molecular flexibility index (Phi) is 4.03. The van der Waals surface area contributed by atoms with Crippen LogP contribution in [0.3, 0.4) is 0 Å². The van der Waals surface area contributed by atoms with Gasteiger partial charge in [0.2, 0.25) is 0 Å². The molecular weight excluding hydrogens is 310 g/mol. The Hall–Kier alpha value is -1.72. The van der Waals surface area contributed by atoms with E-state index in [2.05, 4.69) is 0 Å². The van der Waals surface area contributed by atoms with Crippen molar-refractivity contribution in [3.8, 4) is 11.5 Å². The number of halogens is 1. The number of carbonyl (C=O) groups is 1. The Bertz CT molecular complexity index is 671. The van der Waals surface area contributed by atoms with Gasteiger partial charge in [0.1, 0.15) is 13.2 Å². The van der Waals surface area contributed by atoms with Gasteiger partial charge in [-0.05, 0) is 29.8 Å². The van der Waals surface area contributed by atoms with Gasteiger partial charge in [-0.1, -0.05) is 17.7 Å². The molecule has 0 N–H and O–H groups in total. The molecule has 0 saturated heterocycles. The minimum Gasteiger partial charge on any atom is -0.486 e. The molecule has 3 rings (SSSR count). The first kappa shape index (κ1) is 14.2. The summed E-state index contributed by atoms with van der Waals surface area (Å²) in [4.78, 5) is 14.6. The van der Waals surface area contributed by atoms with Gasteiger partial charge in [0, 0.05) is 13.6 Å². The predicted octanol–water partition coefficient (Wildman–Crippen LogP) is 3.44. The van der Waals surface area contributed by atoms with Gasteiger partial charge in [-0.25, -0.2) is 0 Å². The summed E-state index contributed by atoms with van der Waals surface area (Å²) in [6.45, 7) is 1.63. The SMILES string of the molecule is CN(Cc1ccc2c(c1)OCCO2)C(=O)c1ccc(Cl)s1. The van der Waals surface area contributed by atoms with Crippen molar-refractivity contribution in [3.63, 3.8) is 0 Å². The van der Waals surface area contributed by atoms with Crippen LogP contribution in [0.2, 0.25) is 4.34 Å². The standard InChI is InChI=1S/C15H14ClNO3S/c1-17(15(18)13-4-5-14(16)21-13)9-10-2-3-11-12(8-10)20-7-6-19-11/h2-5,8H,6-7,9H2,1H3. The van der Waals surface area contributed by atoms with Crippen LogP contribution in [0.25, 0.3) is 0 Å². The number of benzene rings is 1. The Labute approximate surface area is 131 Å². The molecule has 1 aliphatic heterocycles. The van der Waals surface area contributed by atoms with Crippen molar-refractivity contribution in [1.82, 2.24) is 4.90 Å². The minimum absolute atomic E-state index is 0.0400. The molecule has 1 aromatic carbocycles. The van der Waals surface area contributed by atoms with Crippen molar-refractivity contribution in [2.75, 3.05) is 20.3 Å². The largest absolute Gasteiger partial charge is 0.486 e. The molecule has 1 amide bonds. The van der Waals surface area contributed by atoms with Crippen molar-refractivity contribution < 1.29 is 14.3 Å². The second kappa shape index (κ2) is 5.95. The highest BCUT2D eigenvalue weighted by Gasteiger charge is 2.16. The Balaban J connectivity index is 1.72. The van der Waals surface area contributed by atoms with Crippen LogP contribution in [0, 0.1) is 0 Å².